The van der Waals surface area contributed by atoms with E-state index in [4.69, 9.17) is 0 Å². The molecule has 2 aromatic rings. The zero-order valence-corrected chi connectivity index (χ0v) is 17.0. The van der Waals surface area contributed by atoms with E-state index >= 15 is 0 Å². The van der Waals surface area contributed by atoms with Crippen LogP contribution in [0.3, 0.4) is 0 Å². The van der Waals surface area contributed by atoms with Crippen LogP contribution >= 0.6 is 0 Å². The molecule has 0 atom stereocenters. The smallest absolute Gasteiger partial charge is 0.372 e. The van der Waals surface area contributed by atoms with Gasteiger partial charge >= 0.3 is 6.18 Å². The number of hydrogen-bond acceptors (Lipinski definition) is 5. The second kappa shape index (κ2) is 8.40. The first-order valence-corrected chi connectivity index (χ1v) is 10.7. The number of piperazine rings is 1. The Hall–Kier alpha value is -2.99. The van der Waals surface area contributed by atoms with Gasteiger partial charge in [-0.2, -0.15) is 18.4 Å². The molecule has 3 rings (SSSR count). The summed E-state index contributed by atoms with van der Waals surface area (Å²) in [5, 5.41) is 9.40. The van der Waals surface area contributed by atoms with Gasteiger partial charge in [-0.05, 0) is 37.3 Å². The van der Waals surface area contributed by atoms with Gasteiger partial charge in [0.15, 0.2) is 4.91 Å². The molecule has 0 bridgehead atoms. The fourth-order valence-corrected chi connectivity index (χ4v) is 4.31. The van der Waals surface area contributed by atoms with E-state index in [0.29, 0.717) is 31.9 Å². The molecule has 0 unspecified atom stereocenters. The number of hydrogen-bond donors (Lipinski definition) is 0. The van der Waals surface area contributed by atoms with E-state index in [9.17, 15) is 26.9 Å². The van der Waals surface area contributed by atoms with Gasteiger partial charge in [0.25, 0.3) is 0 Å². The first kappa shape index (κ1) is 21.7. The quantitative estimate of drug-likeness (QED) is 0.680. The van der Waals surface area contributed by atoms with E-state index in [-0.39, 0.29) is 9.80 Å². The summed E-state index contributed by atoms with van der Waals surface area (Å²) in [6.07, 6.45) is -3.09. The molecule has 5 nitrogen and oxygen atoms in total. The molecule has 0 radical (unpaired) electrons. The van der Waals surface area contributed by atoms with Gasteiger partial charge in [0.2, 0.25) is 9.84 Å². The molecule has 1 saturated heterocycles. The highest BCUT2D eigenvalue weighted by molar-refractivity contribution is 7.95. The fraction of sp³-hybridized carbons (Fsp3) is 0.286. The predicted octanol–water partition coefficient (Wildman–Crippen LogP) is 3.97. The molecule has 2 aromatic carbocycles. The third-order valence-corrected chi connectivity index (χ3v) is 6.55. The van der Waals surface area contributed by atoms with Gasteiger partial charge in [-0.1, -0.05) is 23.8 Å². The van der Waals surface area contributed by atoms with Gasteiger partial charge in [0, 0.05) is 38.1 Å². The van der Waals surface area contributed by atoms with E-state index in [1.54, 1.807) is 34.1 Å². The minimum atomic E-state index is -4.41. The number of benzene rings is 2. The number of rotatable bonds is 4. The summed E-state index contributed by atoms with van der Waals surface area (Å²) in [6, 6.07) is 13.1. The Bertz CT molecular complexity index is 1080. The summed E-state index contributed by atoms with van der Waals surface area (Å²) in [6.45, 7) is 3.40. The number of alkyl halides is 3. The molecule has 0 N–H and O–H groups in total. The molecule has 0 aromatic heterocycles. The van der Waals surface area contributed by atoms with Crippen molar-refractivity contribution in [3.05, 3.63) is 70.8 Å². The molecule has 0 amide bonds. The van der Waals surface area contributed by atoms with Crippen molar-refractivity contribution in [3.8, 4) is 6.07 Å². The lowest BCUT2D eigenvalue weighted by molar-refractivity contribution is -0.137. The highest BCUT2D eigenvalue weighted by Crippen LogP contribution is 2.32. The minimum Gasteiger partial charge on any atom is -0.372 e. The molecule has 1 heterocycles. The molecule has 0 saturated carbocycles. The molecule has 158 valence electrons. The summed E-state index contributed by atoms with van der Waals surface area (Å²) in [4.78, 5) is 3.19. The van der Waals surface area contributed by atoms with Crippen LogP contribution in [0.15, 0.2) is 64.5 Å². The van der Waals surface area contributed by atoms with Crippen LogP contribution in [0.4, 0.5) is 18.9 Å². The van der Waals surface area contributed by atoms with Gasteiger partial charge in [-0.15, -0.1) is 0 Å². The zero-order valence-electron chi connectivity index (χ0n) is 16.2. The first-order valence-electron chi connectivity index (χ1n) is 9.21. The molecule has 30 heavy (non-hydrogen) atoms. The normalized spacial score (nSPS) is 15.8. The molecular weight excluding hydrogens is 415 g/mol. The molecule has 1 aliphatic rings. The summed E-state index contributed by atoms with van der Waals surface area (Å²) in [5.74, 6) is 0. The Morgan fingerprint density at radius 1 is 1.07 bits per heavy atom. The number of sulfone groups is 1. The maximum absolute atomic E-state index is 12.9. The van der Waals surface area contributed by atoms with Crippen molar-refractivity contribution < 1.29 is 21.6 Å². The number of anilines is 1. The molecule has 0 spiro atoms. The van der Waals surface area contributed by atoms with E-state index in [1.165, 1.54) is 24.4 Å². The third kappa shape index (κ3) is 4.76. The van der Waals surface area contributed by atoms with E-state index in [2.05, 4.69) is 0 Å². The summed E-state index contributed by atoms with van der Waals surface area (Å²) < 4.78 is 64.3. The number of nitrogens with zero attached hydrogens (tertiary/aromatic N) is 3. The van der Waals surface area contributed by atoms with E-state index < -0.39 is 21.6 Å². The molecule has 9 heteroatoms. The largest absolute Gasteiger partial charge is 0.416 e. The predicted molar refractivity (Wildman–Crippen MR) is 107 cm³/mol. The lowest BCUT2D eigenvalue weighted by Crippen LogP contribution is -2.44. The summed E-state index contributed by atoms with van der Waals surface area (Å²) >= 11 is 0. The number of halogens is 3. The Labute approximate surface area is 173 Å². The average molecular weight is 435 g/mol. The Morgan fingerprint density at radius 2 is 1.70 bits per heavy atom. The maximum Gasteiger partial charge on any atom is 0.416 e. The van der Waals surface area contributed by atoms with E-state index in [1.807, 2.05) is 6.92 Å². The second-order valence-electron chi connectivity index (χ2n) is 6.99. The van der Waals surface area contributed by atoms with Gasteiger partial charge in [-0.3, -0.25) is 0 Å². The summed E-state index contributed by atoms with van der Waals surface area (Å²) in [5.41, 5.74) is 0.654. The molecule has 1 aliphatic heterocycles. The van der Waals surface area contributed by atoms with Crippen LogP contribution in [0.25, 0.3) is 0 Å². The standard InChI is InChI=1S/C21H20F3N3O2S/c1-16-5-7-19(8-6-16)30(28,29)20(14-25)15-26-9-11-27(12-10-26)18-4-2-3-17(13-18)21(22,23)24/h2-8,13,15H,9-12H2,1H3. The van der Waals surface area contributed by atoms with Crippen molar-refractivity contribution in [2.45, 2.75) is 18.0 Å². The van der Waals surface area contributed by atoms with Crippen molar-refractivity contribution in [2.75, 3.05) is 31.1 Å². The van der Waals surface area contributed by atoms with Crippen LogP contribution < -0.4 is 4.90 Å². The van der Waals surface area contributed by atoms with Gasteiger partial charge in [0.05, 0.1) is 10.5 Å². The first-order chi connectivity index (χ1) is 14.1. The van der Waals surface area contributed by atoms with Crippen LogP contribution in [0.2, 0.25) is 0 Å². The number of allylic oxidation sites excluding steroid dienone is 1. The van der Waals surface area contributed by atoms with Crippen LogP contribution in [0, 0.1) is 18.3 Å². The van der Waals surface area contributed by atoms with Gasteiger partial charge < -0.3 is 9.80 Å². The average Bonchev–Trinajstić information content (AvgIpc) is 2.72. The van der Waals surface area contributed by atoms with Crippen molar-refractivity contribution >= 4 is 15.5 Å². The Kier molecular flexibility index (Phi) is 6.08. The highest BCUT2D eigenvalue weighted by atomic mass is 32.2. The molecule has 1 fully saturated rings. The van der Waals surface area contributed by atoms with Gasteiger partial charge in [0.1, 0.15) is 6.07 Å². The third-order valence-electron chi connectivity index (χ3n) is 4.88. The summed E-state index contributed by atoms with van der Waals surface area (Å²) in [7, 11) is -3.94. The van der Waals surface area contributed by atoms with Crippen molar-refractivity contribution in [1.29, 1.82) is 5.26 Å². The highest BCUT2D eigenvalue weighted by Gasteiger charge is 2.31. The van der Waals surface area contributed by atoms with Crippen molar-refractivity contribution in [1.82, 2.24) is 4.90 Å². The van der Waals surface area contributed by atoms with Crippen LogP contribution in [-0.4, -0.2) is 39.5 Å². The zero-order chi connectivity index (χ0) is 21.9. The van der Waals surface area contributed by atoms with Crippen molar-refractivity contribution in [3.63, 3.8) is 0 Å². The lowest BCUT2D eigenvalue weighted by Gasteiger charge is -2.35. The van der Waals surface area contributed by atoms with Gasteiger partial charge in [-0.25, -0.2) is 8.42 Å². The van der Waals surface area contributed by atoms with Crippen LogP contribution in [0.5, 0.6) is 0 Å². The van der Waals surface area contributed by atoms with Crippen molar-refractivity contribution in [2.24, 2.45) is 0 Å². The second-order valence-corrected chi connectivity index (χ2v) is 8.91. The number of aryl methyl sites for hydroxylation is 1. The minimum absolute atomic E-state index is 0.0449. The fourth-order valence-electron chi connectivity index (χ4n) is 3.16. The Balaban J connectivity index is 1.73. The topological polar surface area (TPSA) is 64.4 Å². The maximum atomic E-state index is 12.9. The van der Waals surface area contributed by atoms with Crippen LogP contribution in [0.1, 0.15) is 11.1 Å². The van der Waals surface area contributed by atoms with E-state index in [0.717, 1.165) is 17.7 Å². The molecular formula is C21H20F3N3O2S. The molecule has 0 aliphatic carbocycles. The number of nitriles is 1. The van der Waals surface area contributed by atoms with Crippen LogP contribution in [-0.2, 0) is 16.0 Å². The monoisotopic (exact) mass is 435 g/mol. The lowest BCUT2D eigenvalue weighted by atomic mass is 10.1. The SMILES string of the molecule is Cc1ccc(S(=O)(=O)C(C#N)=CN2CCN(c3cccc(C(F)(F)F)c3)CC2)cc1. The Morgan fingerprint density at radius 3 is 2.27 bits per heavy atom.